The molecule has 3 rings (SSSR count). The van der Waals surface area contributed by atoms with Crippen LogP contribution in [0.3, 0.4) is 0 Å². The van der Waals surface area contributed by atoms with Crippen LogP contribution in [-0.2, 0) is 4.79 Å². The number of aryl methyl sites for hydroxylation is 1. The van der Waals surface area contributed by atoms with Crippen molar-refractivity contribution in [1.29, 1.82) is 0 Å². The lowest BCUT2D eigenvalue weighted by molar-refractivity contribution is -0.111. The van der Waals surface area contributed by atoms with Gasteiger partial charge in [-0.3, -0.25) is 4.79 Å². The molecule has 3 aromatic rings. The fourth-order valence-electron chi connectivity index (χ4n) is 2.54. The largest absolute Gasteiger partial charge is 0.334 e. The number of carbonyl (C=O) groups excluding carboxylic acids is 1. The van der Waals surface area contributed by atoms with Gasteiger partial charge in [0.25, 0.3) is 5.89 Å². The second-order valence-corrected chi connectivity index (χ2v) is 6.92. The van der Waals surface area contributed by atoms with Crippen LogP contribution in [0, 0.1) is 6.92 Å². The second-order valence-electron chi connectivity index (χ2n) is 6.49. The highest BCUT2D eigenvalue weighted by molar-refractivity contribution is 6.30. The van der Waals surface area contributed by atoms with Gasteiger partial charge >= 0.3 is 0 Å². The van der Waals surface area contributed by atoms with Crippen molar-refractivity contribution in [2.45, 2.75) is 26.7 Å². The van der Waals surface area contributed by atoms with E-state index in [2.05, 4.69) is 15.5 Å². The monoisotopic (exact) mass is 381 g/mol. The second kappa shape index (κ2) is 8.18. The number of hydrogen-bond acceptors (Lipinski definition) is 4. The number of para-hydroxylation sites is 1. The lowest BCUT2D eigenvalue weighted by Crippen LogP contribution is -2.10. The number of halogens is 1. The number of amides is 1. The molecule has 0 atom stereocenters. The predicted molar refractivity (Wildman–Crippen MR) is 108 cm³/mol. The van der Waals surface area contributed by atoms with Crippen LogP contribution >= 0.6 is 11.6 Å². The molecule has 5 nitrogen and oxygen atoms in total. The van der Waals surface area contributed by atoms with E-state index in [0.29, 0.717) is 28.0 Å². The van der Waals surface area contributed by atoms with E-state index in [9.17, 15) is 4.79 Å². The Morgan fingerprint density at radius 2 is 2.00 bits per heavy atom. The molecule has 0 fully saturated rings. The predicted octanol–water partition coefficient (Wildman–Crippen LogP) is 5.47. The van der Waals surface area contributed by atoms with Crippen LogP contribution < -0.4 is 5.32 Å². The van der Waals surface area contributed by atoms with E-state index < -0.39 is 0 Å². The Kier molecular flexibility index (Phi) is 5.72. The van der Waals surface area contributed by atoms with Crippen LogP contribution in [0.1, 0.15) is 36.7 Å². The van der Waals surface area contributed by atoms with Gasteiger partial charge in [-0.15, -0.1) is 0 Å². The number of hydrogen-bond donors (Lipinski definition) is 1. The number of carbonyl (C=O) groups is 1. The number of anilines is 1. The molecule has 0 saturated heterocycles. The van der Waals surface area contributed by atoms with E-state index >= 15 is 0 Å². The van der Waals surface area contributed by atoms with Gasteiger partial charge in [0.2, 0.25) is 5.91 Å². The minimum atomic E-state index is -0.255. The fourth-order valence-corrected chi connectivity index (χ4v) is 2.74. The molecule has 0 aliphatic heterocycles. The summed E-state index contributed by atoms with van der Waals surface area (Å²) in [6.45, 7) is 5.90. The van der Waals surface area contributed by atoms with Crippen LogP contribution in [0.5, 0.6) is 0 Å². The first-order valence-corrected chi connectivity index (χ1v) is 9.00. The van der Waals surface area contributed by atoms with Crippen LogP contribution in [0.15, 0.2) is 53.1 Å². The van der Waals surface area contributed by atoms with Crippen molar-refractivity contribution in [3.63, 3.8) is 0 Å². The van der Waals surface area contributed by atoms with Gasteiger partial charge < -0.3 is 9.84 Å². The molecule has 0 saturated carbocycles. The summed E-state index contributed by atoms with van der Waals surface area (Å²) < 4.78 is 5.39. The van der Waals surface area contributed by atoms with E-state index in [-0.39, 0.29) is 11.8 Å². The maximum Gasteiger partial charge on any atom is 0.260 e. The number of nitrogens with zero attached hydrogens (tertiary/aromatic N) is 2. The molecule has 0 bridgehead atoms. The SMILES string of the molecule is Cc1cccc(-c2nc(C(C)C)no2)c1NC(=O)/C=C/c1cccc(Cl)c1. The molecule has 0 unspecified atom stereocenters. The first-order chi connectivity index (χ1) is 12.9. The zero-order valence-corrected chi connectivity index (χ0v) is 16.1. The van der Waals surface area contributed by atoms with E-state index in [1.807, 2.05) is 51.1 Å². The summed E-state index contributed by atoms with van der Waals surface area (Å²) in [5, 5.41) is 7.54. The molecular formula is C21H20ClN3O2. The van der Waals surface area contributed by atoms with Crippen LogP contribution in [0.4, 0.5) is 5.69 Å². The average molecular weight is 382 g/mol. The van der Waals surface area contributed by atoms with Crippen LogP contribution in [-0.4, -0.2) is 16.0 Å². The number of benzene rings is 2. The highest BCUT2D eigenvalue weighted by atomic mass is 35.5. The van der Waals surface area contributed by atoms with Crippen molar-refractivity contribution in [1.82, 2.24) is 10.1 Å². The standard InChI is InChI=1S/C21H20ClN3O2/c1-13(2)20-24-21(27-25-20)17-9-4-6-14(3)19(17)23-18(26)11-10-15-7-5-8-16(22)12-15/h4-13H,1-3H3,(H,23,26)/b11-10+. The fraction of sp³-hybridized carbons (Fsp3) is 0.190. The summed E-state index contributed by atoms with van der Waals surface area (Å²) in [4.78, 5) is 16.9. The molecule has 1 N–H and O–H groups in total. The van der Waals surface area contributed by atoms with Gasteiger partial charge in [0, 0.05) is 17.0 Å². The molecule has 1 amide bonds. The lowest BCUT2D eigenvalue weighted by atomic mass is 10.1. The maximum atomic E-state index is 12.4. The normalized spacial score (nSPS) is 11.3. The van der Waals surface area contributed by atoms with Crippen LogP contribution in [0.25, 0.3) is 17.5 Å². The van der Waals surface area contributed by atoms with Gasteiger partial charge in [0.1, 0.15) is 0 Å². The van der Waals surface area contributed by atoms with Crippen molar-refractivity contribution in [3.8, 4) is 11.5 Å². The molecule has 1 heterocycles. The van der Waals surface area contributed by atoms with E-state index in [0.717, 1.165) is 11.1 Å². The smallest absolute Gasteiger partial charge is 0.260 e. The summed E-state index contributed by atoms with van der Waals surface area (Å²) in [6, 6.07) is 12.9. The van der Waals surface area contributed by atoms with Gasteiger partial charge in [-0.25, -0.2) is 0 Å². The van der Waals surface area contributed by atoms with E-state index in [4.69, 9.17) is 16.1 Å². The highest BCUT2D eigenvalue weighted by Crippen LogP contribution is 2.30. The van der Waals surface area contributed by atoms with Gasteiger partial charge in [0.05, 0.1) is 11.3 Å². The molecule has 0 aliphatic carbocycles. The lowest BCUT2D eigenvalue weighted by Gasteiger charge is -2.10. The molecule has 138 valence electrons. The Hall–Kier alpha value is -2.92. The third kappa shape index (κ3) is 4.63. The molecule has 1 aromatic heterocycles. The van der Waals surface area contributed by atoms with Crippen molar-refractivity contribution >= 4 is 29.3 Å². The molecule has 0 spiro atoms. The number of rotatable bonds is 5. The third-order valence-electron chi connectivity index (χ3n) is 3.99. The topological polar surface area (TPSA) is 68.0 Å². The van der Waals surface area contributed by atoms with Crippen molar-refractivity contribution in [3.05, 3.63) is 70.5 Å². The third-order valence-corrected chi connectivity index (χ3v) is 4.22. The number of nitrogens with one attached hydrogen (secondary N) is 1. The Balaban J connectivity index is 1.84. The molecule has 2 aromatic carbocycles. The van der Waals surface area contributed by atoms with E-state index in [1.165, 1.54) is 6.08 Å². The maximum absolute atomic E-state index is 12.4. The summed E-state index contributed by atoms with van der Waals surface area (Å²) in [7, 11) is 0. The summed E-state index contributed by atoms with van der Waals surface area (Å²) in [5.41, 5.74) is 3.10. The average Bonchev–Trinajstić information content (AvgIpc) is 3.12. The molecule has 6 heteroatoms. The minimum absolute atomic E-state index is 0.158. The van der Waals surface area contributed by atoms with Crippen molar-refractivity contribution in [2.24, 2.45) is 0 Å². The highest BCUT2D eigenvalue weighted by Gasteiger charge is 2.17. The molecule has 27 heavy (non-hydrogen) atoms. The van der Waals surface area contributed by atoms with Crippen molar-refractivity contribution < 1.29 is 9.32 Å². The molecular weight excluding hydrogens is 362 g/mol. The van der Waals surface area contributed by atoms with Gasteiger partial charge in [0.15, 0.2) is 5.82 Å². The van der Waals surface area contributed by atoms with Gasteiger partial charge in [-0.1, -0.05) is 54.9 Å². The summed E-state index contributed by atoms with van der Waals surface area (Å²) in [6.07, 6.45) is 3.18. The zero-order valence-electron chi connectivity index (χ0n) is 15.4. The number of aromatic nitrogens is 2. The Morgan fingerprint density at radius 3 is 2.70 bits per heavy atom. The zero-order chi connectivity index (χ0) is 19.4. The summed E-state index contributed by atoms with van der Waals surface area (Å²) in [5.74, 6) is 0.918. The Morgan fingerprint density at radius 1 is 1.22 bits per heavy atom. The van der Waals surface area contributed by atoms with Gasteiger partial charge in [-0.2, -0.15) is 4.98 Å². The Labute approximate surface area is 163 Å². The molecule has 0 radical (unpaired) electrons. The van der Waals surface area contributed by atoms with Crippen LogP contribution in [0.2, 0.25) is 5.02 Å². The van der Waals surface area contributed by atoms with Gasteiger partial charge in [-0.05, 0) is 42.3 Å². The summed E-state index contributed by atoms with van der Waals surface area (Å²) >= 11 is 5.97. The quantitative estimate of drug-likeness (QED) is 0.594. The Bertz CT molecular complexity index is 993. The molecule has 0 aliphatic rings. The first-order valence-electron chi connectivity index (χ1n) is 8.62. The minimum Gasteiger partial charge on any atom is -0.334 e. The van der Waals surface area contributed by atoms with E-state index in [1.54, 1.807) is 18.2 Å². The first kappa shape index (κ1) is 18.9. The van der Waals surface area contributed by atoms with Crippen molar-refractivity contribution in [2.75, 3.05) is 5.32 Å².